The lowest BCUT2D eigenvalue weighted by Crippen LogP contribution is -1.93. The highest BCUT2D eigenvalue weighted by atomic mass is 15.0. The van der Waals surface area contributed by atoms with E-state index in [-0.39, 0.29) is 0 Å². The molecular formula is C40H28N2. The first-order valence-corrected chi connectivity index (χ1v) is 14.4. The zero-order chi connectivity index (χ0) is 28.0. The third-order valence-corrected chi connectivity index (χ3v) is 8.47. The van der Waals surface area contributed by atoms with Crippen molar-refractivity contribution in [2.75, 3.05) is 0 Å². The number of aromatic nitrogens is 2. The molecule has 0 spiro atoms. The maximum atomic E-state index is 4.37. The number of para-hydroxylation sites is 1. The molecule has 0 radical (unpaired) electrons. The molecule has 0 aliphatic rings. The molecular weight excluding hydrogens is 508 g/mol. The van der Waals surface area contributed by atoms with Crippen molar-refractivity contribution in [3.8, 4) is 39.1 Å². The number of nitrogens with zero attached hydrogens (tertiary/aromatic N) is 2. The van der Waals surface area contributed by atoms with Crippen LogP contribution in [0.25, 0.3) is 71.6 Å². The molecule has 0 saturated heterocycles. The van der Waals surface area contributed by atoms with Crippen molar-refractivity contribution in [1.29, 1.82) is 0 Å². The molecule has 2 heterocycles. The van der Waals surface area contributed by atoms with Crippen LogP contribution in [-0.2, 0) is 0 Å². The number of pyridine rings is 1. The van der Waals surface area contributed by atoms with E-state index in [0.29, 0.717) is 0 Å². The van der Waals surface area contributed by atoms with Gasteiger partial charge in [0.05, 0.1) is 22.9 Å². The van der Waals surface area contributed by atoms with Crippen molar-refractivity contribution in [2.45, 2.75) is 6.92 Å². The Morgan fingerprint density at radius 2 is 1.10 bits per heavy atom. The van der Waals surface area contributed by atoms with Crippen LogP contribution in [0, 0.1) is 6.92 Å². The zero-order valence-electron chi connectivity index (χ0n) is 23.3. The molecule has 0 saturated carbocycles. The van der Waals surface area contributed by atoms with E-state index in [1.165, 1.54) is 71.5 Å². The van der Waals surface area contributed by atoms with Gasteiger partial charge in [-0.15, -0.1) is 0 Å². The Morgan fingerprint density at radius 3 is 1.88 bits per heavy atom. The third kappa shape index (κ3) is 3.92. The highest BCUT2D eigenvalue weighted by Crippen LogP contribution is 2.38. The van der Waals surface area contributed by atoms with E-state index in [0.717, 1.165) is 5.69 Å². The first-order chi connectivity index (χ1) is 20.8. The summed E-state index contributed by atoms with van der Waals surface area (Å²) in [4.78, 5) is 4.37. The van der Waals surface area contributed by atoms with E-state index in [2.05, 4.69) is 150 Å². The molecule has 2 aromatic heterocycles. The Bertz CT molecular complexity index is 2240. The Morgan fingerprint density at radius 1 is 0.452 bits per heavy atom. The lowest BCUT2D eigenvalue weighted by molar-refractivity contribution is 1.14. The van der Waals surface area contributed by atoms with Gasteiger partial charge in [-0.25, -0.2) is 0 Å². The molecule has 2 heteroatoms. The van der Waals surface area contributed by atoms with Gasteiger partial charge in [0.2, 0.25) is 0 Å². The maximum absolute atomic E-state index is 4.37. The summed E-state index contributed by atoms with van der Waals surface area (Å²) in [7, 11) is 0. The van der Waals surface area contributed by atoms with Crippen LogP contribution in [0.5, 0.6) is 0 Å². The monoisotopic (exact) mass is 536 g/mol. The second kappa shape index (κ2) is 9.87. The summed E-state index contributed by atoms with van der Waals surface area (Å²) in [5.41, 5.74) is 12.2. The molecule has 0 aliphatic carbocycles. The summed E-state index contributed by atoms with van der Waals surface area (Å²) >= 11 is 0. The van der Waals surface area contributed by atoms with Gasteiger partial charge in [-0.2, -0.15) is 0 Å². The second-order valence-corrected chi connectivity index (χ2v) is 10.9. The highest BCUT2D eigenvalue weighted by Gasteiger charge is 2.14. The lowest BCUT2D eigenvalue weighted by atomic mass is 9.90. The van der Waals surface area contributed by atoms with Gasteiger partial charge in [-0.05, 0) is 87.0 Å². The van der Waals surface area contributed by atoms with Crippen molar-refractivity contribution in [3.05, 3.63) is 157 Å². The minimum Gasteiger partial charge on any atom is -0.308 e. The molecule has 2 nitrogen and oxygen atoms in total. The predicted octanol–water partition coefficient (Wildman–Crippen LogP) is 10.6. The molecule has 0 fully saturated rings. The van der Waals surface area contributed by atoms with E-state index < -0.39 is 0 Å². The number of aryl methyl sites for hydroxylation is 1. The summed E-state index contributed by atoms with van der Waals surface area (Å²) < 4.78 is 2.30. The van der Waals surface area contributed by atoms with Crippen LogP contribution in [0.3, 0.4) is 0 Å². The first kappa shape index (κ1) is 24.3. The molecule has 0 unspecified atom stereocenters. The van der Waals surface area contributed by atoms with Crippen molar-refractivity contribution in [2.24, 2.45) is 0 Å². The van der Waals surface area contributed by atoms with Crippen LogP contribution in [0.1, 0.15) is 5.56 Å². The van der Waals surface area contributed by atoms with Gasteiger partial charge in [-0.3, -0.25) is 4.98 Å². The topological polar surface area (TPSA) is 17.8 Å². The molecule has 0 bridgehead atoms. The molecule has 0 N–H and O–H groups in total. The number of rotatable bonds is 4. The largest absolute Gasteiger partial charge is 0.308 e. The number of benzene rings is 6. The summed E-state index contributed by atoms with van der Waals surface area (Å²) in [5.74, 6) is 0. The van der Waals surface area contributed by atoms with E-state index >= 15 is 0 Å². The average Bonchev–Trinajstić information content (AvgIpc) is 3.39. The fourth-order valence-electron chi connectivity index (χ4n) is 6.42. The van der Waals surface area contributed by atoms with Crippen LogP contribution in [0.15, 0.2) is 152 Å². The van der Waals surface area contributed by atoms with Gasteiger partial charge in [-0.1, -0.05) is 109 Å². The van der Waals surface area contributed by atoms with E-state index in [9.17, 15) is 0 Å². The summed E-state index contributed by atoms with van der Waals surface area (Å²) in [5, 5.41) is 5.04. The highest BCUT2D eigenvalue weighted by molar-refractivity contribution is 6.10. The number of fused-ring (bicyclic) bond motifs is 4. The van der Waals surface area contributed by atoms with Crippen LogP contribution < -0.4 is 0 Å². The van der Waals surface area contributed by atoms with Crippen LogP contribution in [0.4, 0.5) is 0 Å². The van der Waals surface area contributed by atoms with E-state index in [1.54, 1.807) is 0 Å². The van der Waals surface area contributed by atoms with Crippen molar-refractivity contribution in [3.63, 3.8) is 0 Å². The third-order valence-electron chi connectivity index (χ3n) is 8.47. The average molecular weight is 537 g/mol. The fourth-order valence-corrected chi connectivity index (χ4v) is 6.42. The van der Waals surface area contributed by atoms with Crippen LogP contribution >= 0.6 is 0 Å². The summed E-state index contributed by atoms with van der Waals surface area (Å²) in [6, 6.07) is 50.5. The lowest BCUT2D eigenvalue weighted by Gasteiger charge is -2.14. The van der Waals surface area contributed by atoms with Gasteiger partial charge < -0.3 is 4.57 Å². The van der Waals surface area contributed by atoms with Gasteiger partial charge in [0.1, 0.15) is 0 Å². The summed E-state index contributed by atoms with van der Waals surface area (Å²) in [6.07, 6.45) is 3.75. The molecule has 0 aliphatic heterocycles. The van der Waals surface area contributed by atoms with Crippen molar-refractivity contribution < 1.29 is 0 Å². The van der Waals surface area contributed by atoms with Crippen molar-refractivity contribution >= 4 is 32.6 Å². The number of hydrogen-bond donors (Lipinski definition) is 0. The second-order valence-electron chi connectivity index (χ2n) is 10.9. The molecule has 6 aromatic carbocycles. The molecule has 0 atom stereocenters. The smallest absolute Gasteiger partial charge is 0.0645 e. The van der Waals surface area contributed by atoms with E-state index in [1.807, 2.05) is 18.5 Å². The van der Waals surface area contributed by atoms with Gasteiger partial charge in [0.15, 0.2) is 0 Å². The SMILES string of the molecule is Cc1ccccc1-c1ccc(-c2ccc(-c3ccc4c(c3)c3ccccc3n4-c3cccnc3)cc2)c2ccccc12. The van der Waals surface area contributed by atoms with Gasteiger partial charge in [0.25, 0.3) is 0 Å². The fraction of sp³-hybridized carbons (Fsp3) is 0.0250. The van der Waals surface area contributed by atoms with Crippen molar-refractivity contribution in [1.82, 2.24) is 9.55 Å². The molecule has 8 aromatic rings. The summed E-state index contributed by atoms with van der Waals surface area (Å²) in [6.45, 7) is 2.19. The quantitative estimate of drug-likeness (QED) is 0.219. The predicted molar refractivity (Wildman–Crippen MR) is 177 cm³/mol. The Hall–Kier alpha value is -5.47. The number of hydrogen-bond acceptors (Lipinski definition) is 1. The Balaban J connectivity index is 1.21. The van der Waals surface area contributed by atoms with Gasteiger partial charge >= 0.3 is 0 Å². The maximum Gasteiger partial charge on any atom is 0.0645 e. The standard InChI is InChI=1S/C40H28N2/c1-27-9-2-3-11-32(27)36-22-21-33(34-12-4-5-13-35(34)36)29-18-16-28(17-19-29)30-20-23-40-38(25-30)37-14-6-7-15-39(37)42(40)31-10-8-24-41-26-31/h2-26H,1H3. The molecule has 198 valence electrons. The molecule has 42 heavy (non-hydrogen) atoms. The van der Waals surface area contributed by atoms with Gasteiger partial charge in [0, 0.05) is 17.0 Å². The minimum absolute atomic E-state index is 1.07. The van der Waals surface area contributed by atoms with Crippen LogP contribution in [0.2, 0.25) is 0 Å². The minimum atomic E-state index is 1.07. The zero-order valence-corrected chi connectivity index (χ0v) is 23.3. The molecule has 8 rings (SSSR count). The Labute approximate surface area is 245 Å². The first-order valence-electron chi connectivity index (χ1n) is 14.4. The van der Waals surface area contributed by atoms with Crippen LogP contribution in [-0.4, -0.2) is 9.55 Å². The van der Waals surface area contributed by atoms with E-state index in [4.69, 9.17) is 0 Å². The normalized spacial score (nSPS) is 11.5. The molecule has 0 amide bonds. The Kier molecular flexibility index (Phi) is 5.72.